The first kappa shape index (κ1) is 39.2. The lowest BCUT2D eigenvalue weighted by Gasteiger charge is -2.00. The molecule has 7 nitrogen and oxygen atoms in total. The zero-order valence-corrected chi connectivity index (χ0v) is 33.2. The Kier molecular flexibility index (Phi) is 15.5. The SMILES string of the molecule is CCc1nc(Oc2ccc(O)cc2)sc1CC.CCc1nc(Sc2ccc(O)cc2)sc1CC.CCc1sc(Sc2ccc(O)cc2)nc1C. The molecular weight excluding hydrogens is 723 g/mol. The molecule has 0 saturated carbocycles. The molecule has 3 N–H and O–H groups in total. The zero-order valence-electron chi connectivity index (χ0n) is 29.1. The molecule has 6 aromatic rings. The second-order valence-electron chi connectivity index (χ2n) is 10.7. The zero-order chi connectivity index (χ0) is 36.0. The molecule has 12 heteroatoms. The van der Waals surface area contributed by atoms with Crippen LogP contribution >= 0.6 is 57.5 Å². The Balaban J connectivity index is 0.000000169. The average Bonchev–Trinajstić information content (AvgIpc) is 3.83. The minimum Gasteiger partial charge on any atom is -0.508 e. The van der Waals surface area contributed by atoms with E-state index in [0.29, 0.717) is 22.4 Å². The maximum atomic E-state index is 9.22. The van der Waals surface area contributed by atoms with Crippen molar-refractivity contribution in [3.8, 4) is 28.2 Å². The quantitative estimate of drug-likeness (QED) is 0.119. The summed E-state index contributed by atoms with van der Waals surface area (Å²) in [5.74, 6) is 1.53. The summed E-state index contributed by atoms with van der Waals surface area (Å²) in [4.78, 5) is 19.8. The lowest BCUT2D eigenvalue weighted by atomic mass is 10.2. The van der Waals surface area contributed by atoms with Crippen molar-refractivity contribution in [3.05, 3.63) is 105 Å². The van der Waals surface area contributed by atoms with Gasteiger partial charge in [-0.3, -0.25) is 0 Å². The topological polar surface area (TPSA) is 109 Å². The number of phenolic OH excluding ortho intramolecular Hbond substituents is 3. The fourth-order valence-electron chi connectivity index (χ4n) is 4.53. The van der Waals surface area contributed by atoms with Crippen molar-refractivity contribution in [2.24, 2.45) is 0 Å². The van der Waals surface area contributed by atoms with Crippen molar-refractivity contribution in [2.75, 3.05) is 0 Å². The fourth-order valence-corrected chi connectivity index (χ4v) is 9.84. The molecule has 0 saturated heterocycles. The lowest BCUT2D eigenvalue weighted by molar-refractivity contribution is 0.462. The number of thiazole rings is 3. The Morgan fingerprint density at radius 3 is 1.36 bits per heavy atom. The van der Waals surface area contributed by atoms with E-state index < -0.39 is 0 Å². The second kappa shape index (κ2) is 19.7. The maximum absolute atomic E-state index is 9.22. The van der Waals surface area contributed by atoms with Crippen LogP contribution in [0.2, 0.25) is 0 Å². The highest BCUT2D eigenvalue weighted by atomic mass is 32.2. The van der Waals surface area contributed by atoms with Crippen LogP contribution in [0, 0.1) is 6.92 Å². The highest BCUT2D eigenvalue weighted by molar-refractivity contribution is 8.01. The summed E-state index contributed by atoms with van der Waals surface area (Å²) in [7, 11) is 0. The third-order valence-corrected chi connectivity index (χ3v) is 12.9. The van der Waals surface area contributed by atoms with Crippen LogP contribution < -0.4 is 4.74 Å². The number of benzene rings is 3. The van der Waals surface area contributed by atoms with E-state index in [4.69, 9.17) is 4.74 Å². The Morgan fingerprint density at radius 1 is 0.520 bits per heavy atom. The molecule has 0 aliphatic carbocycles. The smallest absolute Gasteiger partial charge is 0.279 e. The first-order valence-electron chi connectivity index (χ1n) is 16.5. The number of phenols is 3. The van der Waals surface area contributed by atoms with Crippen molar-refractivity contribution in [3.63, 3.8) is 0 Å². The van der Waals surface area contributed by atoms with E-state index in [2.05, 4.69) is 56.5 Å². The molecule has 0 atom stereocenters. The van der Waals surface area contributed by atoms with Crippen LogP contribution in [-0.2, 0) is 32.1 Å². The number of aryl methyl sites for hydroxylation is 6. The monoisotopic (exact) mass is 765 g/mol. The van der Waals surface area contributed by atoms with E-state index in [0.717, 1.165) is 62.0 Å². The van der Waals surface area contributed by atoms with Crippen molar-refractivity contribution in [2.45, 2.75) is 92.1 Å². The van der Waals surface area contributed by atoms with Gasteiger partial charge in [0.15, 0.2) is 8.68 Å². The van der Waals surface area contributed by atoms with Gasteiger partial charge in [0.1, 0.15) is 23.0 Å². The van der Waals surface area contributed by atoms with E-state index in [9.17, 15) is 15.3 Å². The molecule has 0 spiro atoms. The van der Waals surface area contributed by atoms with Crippen molar-refractivity contribution < 1.29 is 20.1 Å². The molecular formula is C38H43N3O4S5. The summed E-state index contributed by atoms with van der Waals surface area (Å²) in [6.45, 7) is 12.7. The fraction of sp³-hybridized carbons (Fsp3) is 0.289. The molecule has 264 valence electrons. The van der Waals surface area contributed by atoms with Gasteiger partial charge in [-0.2, -0.15) is 0 Å². The molecule has 3 aromatic heterocycles. The van der Waals surface area contributed by atoms with Crippen molar-refractivity contribution in [1.29, 1.82) is 0 Å². The molecule has 0 aliphatic heterocycles. The number of aromatic nitrogens is 3. The standard InChI is InChI=1S/C13H15NO2S.C13H15NOS2.C12H13NOS2/c2*1-3-11-12(4-2)17-13(14-11)16-10-7-5-9(15)6-8-10;1-3-11-8(2)13-12(16-11)15-10-6-4-9(14)5-7-10/h2*5-8,15H,3-4H2,1-2H3;4-7,14H,3H2,1-2H3. The number of ether oxygens (including phenoxy) is 1. The van der Waals surface area contributed by atoms with Gasteiger partial charge in [-0.15, -0.1) is 22.7 Å². The third-order valence-electron chi connectivity index (χ3n) is 7.15. The van der Waals surface area contributed by atoms with Crippen molar-refractivity contribution in [1.82, 2.24) is 15.0 Å². The molecule has 6 rings (SSSR count). The molecule has 0 unspecified atom stereocenters. The largest absolute Gasteiger partial charge is 0.508 e. The van der Waals surface area contributed by atoms with Crippen LogP contribution in [0.5, 0.6) is 28.2 Å². The van der Waals surface area contributed by atoms with Gasteiger partial charge in [0, 0.05) is 24.4 Å². The third kappa shape index (κ3) is 11.8. The summed E-state index contributed by atoms with van der Waals surface area (Å²) in [5.41, 5.74) is 3.47. The minimum absolute atomic E-state index is 0.236. The van der Waals surface area contributed by atoms with Crippen LogP contribution in [-0.4, -0.2) is 30.3 Å². The van der Waals surface area contributed by atoms with Crippen LogP contribution in [0.15, 0.2) is 91.3 Å². The molecule has 0 amide bonds. The summed E-state index contributed by atoms with van der Waals surface area (Å²) in [6.07, 6.45) is 5.00. The van der Waals surface area contributed by atoms with Gasteiger partial charge in [0.05, 0.1) is 17.1 Å². The van der Waals surface area contributed by atoms with Gasteiger partial charge in [0.25, 0.3) is 5.19 Å². The van der Waals surface area contributed by atoms with E-state index >= 15 is 0 Å². The molecule has 0 bridgehead atoms. The van der Waals surface area contributed by atoms with Gasteiger partial charge >= 0.3 is 0 Å². The normalized spacial score (nSPS) is 10.6. The van der Waals surface area contributed by atoms with Crippen molar-refractivity contribution >= 4 is 57.5 Å². The Labute approximate surface area is 315 Å². The van der Waals surface area contributed by atoms with Gasteiger partial charge in [0.2, 0.25) is 0 Å². The summed E-state index contributed by atoms with van der Waals surface area (Å²) >= 11 is 8.41. The number of aromatic hydroxyl groups is 3. The average molecular weight is 766 g/mol. The number of hydrogen-bond acceptors (Lipinski definition) is 12. The molecule has 3 aromatic carbocycles. The van der Waals surface area contributed by atoms with E-state index in [-0.39, 0.29) is 5.75 Å². The van der Waals surface area contributed by atoms with Gasteiger partial charge < -0.3 is 20.1 Å². The molecule has 0 aliphatic rings. The summed E-state index contributed by atoms with van der Waals surface area (Å²) in [6, 6.07) is 21.1. The molecule has 3 heterocycles. The second-order valence-corrected chi connectivity index (χ2v) is 16.6. The van der Waals surface area contributed by atoms with Gasteiger partial charge in [-0.1, -0.05) is 69.5 Å². The van der Waals surface area contributed by atoms with E-state index in [1.807, 2.05) is 24.3 Å². The molecule has 0 radical (unpaired) electrons. The predicted molar refractivity (Wildman–Crippen MR) is 211 cm³/mol. The maximum Gasteiger partial charge on any atom is 0.279 e. The summed E-state index contributed by atoms with van der Waals surface area (Å²) < 4.78 is 7.81. The van der Waals surface area contributed by atoms with E-state index in [1.54, 1.807) is 106 Å². The van der Waals surface area contributed by atoms with Gasteiger partial charge in [-0.05, 0) is 112 Å². The first-order chi connectivity index (χ1) is 24.1. The first-order valence-corrected chi connectivity index (χ1v) is 20.6. The Bertz CT molecular complexity index is 1760. The Hall–Kier alpha value is -3.55. The highest BCUT2D eigenvalue weighted by Gasteiger charge is 2.11. The minimum atomic E-state index is 0.236. The van der Waals surface area contributed by atoms with Crippen LogP contribution in [0.25, 0.3) is 0 Å². The number of hydrogen-bond donors (Lipinski definition) is 3. The number of nitrogens with zero attached hydrogens (tertiary/aromatic N) is 3. The van der Waals surface area contributed by atoms with Crippen LogP contribution in [0.1, 0.15) is 66.3 Å². The molecule has 50 heavy (non-hydrogen) atoms. The Morgan fingerprint density at radius 2 is 0.940 bits per heavy atom. The highest BCUT2D eigenvalue weighted by Crippen LogP contribution is 2.35. The molecule has 0 fully saturated rings. The van der Waals surface area contributed by atoms with Gasteiger partial charge in [-0.25, -0.2) is 15.0 Å². The van der Waals surface area contributed by atoms with Crippen LogP contribution in [0.4, 0.5) is 0 Å². The van der Waals surface area contributed by atoms with E-state index in [1.165, 1.54) is 20.3 Å². The number of rotatable bonds is 11. The lowest BCUT2D eigenvalue weighted by Crippen LogP contribution is -1.86. The predicted octanol–water partition coefficient (Wildman–Crippen LogP) is 11.8. The summed E-state index contributed by atoms with van der Waals surface area (Å²) in [5, 5.41) is 28.3. The van der Waals surface area contributed by atoms with Crippen LogP contribution in [0.3, 0.4) is 0 Å².